The molecule has 0 saturated heterocycles. The molecule has 1 amide bonds. The first-order valence-electron chi connectivity index (χ1n) is 9.16. The van der Waals surface area contributed by atoms with Crippen LogP contribution in [-0.4, -0.2) is 27.5 Å². The van der Waals surface area contributed by atoms with E-state index in [1.807, 2.05) is 0 Å². The lowest BCUT2D eigenvalue weighted by Gasteiger charge is -2.23. The van der Waals surface area contributed by atoms with Crippen LogP contribution in [0, 0.1) is 0 Å². The molecule has 2 N–H and O–H groups in total. The standard InChI is InChI=1S/C20H23ClN2O4S/c1-27-16-8-10-17(11-9-16)28(25,26)23-15-7-12-19(21)18(13-15)20(24)22-14-5-3-2-4-6-14/h7-14,23H,2-6H2,1H3,(H,22,24). The number of ether oxygens (including phenoxy) is 1. The van der Waals surface area contributed by atoms with Crippen LogP contribution in [0.5, 0.6) is 5.75 Å². The lowest BCUT2D eigenvalue weighted by atomic mass is 9.95. The van der Waals surface area contributed by atoms with Gasteiger partial charge in [0.15, 0.2) is 0 Å². The molecule has 2 aromatic rings. The van der Waals surface area contributed by atoms with E-state index in [1.165, 1.54) is 43.9 Å². The van der Waals surface area contributed by atoms with Gasteiger partial charge in [0.25, 0.3) is 15.9 Å². The molecule has 0 bridgehead atoms. The minimum atomic E-state index is -3.80. The summed E-state index contributed by atoms with van der Waals surface area (Å²) in [5.74, 6) is 0.273. The molecule has 0 unspecified atom stereocenters. The second-order valence-corrected chi connectivity index (χ2v) is 8.87. The molecule has 8 heteroatoms. The molecule has 0 atom stereocenters. The Hall–Kier alpha value is -2.25. The number of benzene rings is 2. The van der Waals surface area contributed by atoms with Crippen LogP contribution >= 0.6 is 11.6 Å². The Balaban J connectivity index is 1.77. The molecule has 0 heterocycles. The van der Waals surface area contributed by atoms with Crippen molar-refractivity contribution in [1.29, 1.82) is 0 Å². The summed E-state index contributed by atoms with van der Waals surface area (Å²) < 4.78 is 32.7. The van der Waals surface area contributed by atoms with Gasteiger partial charge in [-0.1, -0.05) is 30.9 Å². The molecule has 0 aliphatic heterocycles. The minimum Gasteiger partial charge on any atom is -0.497 e. The number of carbonyl (C=O) groups is 1. The van der Waals surface area contributed by atoms with Crippen molar-refractivity contribution >= 4 is 33.2 Å². The van der Waals surface area contributed by atoms with E-state index in [2.05, 4.69) is 10.0 Å². The van der Waals surface area contributed by atoms with Gasteiger partial charge in [-0.2, -0.15) is 0 Å². The van der Waals surface area contributed by atoms with Crippen LogP contribution in [0.2, 0.25) is 5.02 Å². The third-order valence-corrected chi connectivity index (χ3v) is 6.50. The number of carbonyl (C=O) groups excluding carboxylic acids is 1. The maximum atomic E-state index is 12.6. The van der Waals surface area contributed by atoms with Crippen LogP contribution in [0.3, 0.4) is 0 Å². The van der Waals surface area contributed by atoms with E-state index >= 15 is 0 Å². The molecule has 6 nitrogen and oxygen atoms in total. The zero-order valence-electron chi connectivity index (χ0n) is 15.6. The van der Waals surface area contributed by atoms with E-state index in [0.29, 0.717) is 5.75 Å². The van der Waals surface area contributed by atoms with Crippen molar-refractivity contribution in [3.63, 3.8) is 0 Å². The maximum absolute atomic E-state index is 12.6. The topological polar surface area (TPSA) is 84.5 Å². The maximum Gasteiger partial charge on any atom is 0.261 e. The summed E-state index contributed by atoms with van der Waals surface area (Å²) in [5, 5.41) is 3.27. The summed E-state index contributed by atoms with van der Waals surface area (Å²) in [5.41, 5.74) is 0.524. The monoisotopic (exact) mass is 422 g/mol. The number of methoxy groups -OCH3 is 1. The Morgan fingerprint density at radius 1 is 1.07 bits per heavy atom. The van der Waals surface area contributed by atoms with Crippen molar-refractivity contribution in [2.45, 2.75) is 43.0 Å². The van der Waals surface area contributed by atoms with Crippen LogP contribution in [0.4, 0.5) is 5.69 Å². The van der Waals surface area contributed by atoms with Gasteiger partial charge in [0.1, 0.15) is 5.75 Å². The van der Waals surface area contributed by atoms with Crippen LogP contribution in [-0.2, 0) is 10.0 Å². The predicted molar refractivity (Wildman–Crippen MR) is 110 cm³/mol. The van der Waals surface area contributed by atoms with Gasteiger partial charge in [0.05, 0.1) is 22.6 Å². The Morgan fingerprint density at radius 2 is 1.75 bits per heavy atom. The van der Waals surface area contributed by atoms with Gasteiger partial charge in [0, 0.05) is 11.7 Å². The number of halogens is 1. The summed E-state index contributed by atoms with van der Waals surface area (Å²) in [6.07, 6.45) is 5.29. The van der Waals surface area contributed by atoms with Gasteiger partial charge in [-0.3, -0.25) is 9.52 Å². The van der Waals surface area contributed by atoms with Crippen molar-refractivity contribution in [2.24, 2.45) is 0 Å². The molecule has 2 aromatic carbocycles. The molecule has 3 rings (SSSR count). The molecule has 1 aliphatic rings. The third-order valence-electron chi connectivity index (χ3n) is 4.77. The van der Waals surface area contributed by atoms with E-state index in [4.69, 9.17) is 16.3 Å². The number of anilines is 1. The summed E-state index contributed by atoms with van der Waals surface area (Å²) in [4.78, 5) is 12.7. The summed E-state index contributed by atoms with van der Waals surface area (Å²) in [7, 11) is -2.29. The quantitative estimate of drug-likeness (QED) is 0.730. The molecule has 0 aromatic heterocycles. The van der Waals surface area contributed by atoms with Crippen LogP contribution in [0.15, 0.2) is 47.4 Å². The molecular weight excluding hydrogens is 400 g/mol. The average molecular weight is 423 g/mol. The molecule has 150 valence electrons. The highest BCUT2D eigenvalue weighted by Gasteiger charge is 2.20. The highest BCUT2D eigenvalue weighted by Crippen LogP contribution is 2.25. The Morgan fingerprint density at radius 3 is 2.39 bits per heavy atom. The van der Waals surface area contributed by atoms with Crippen LogP contribution < -0.4 is 14.8 Å². The van der Waals surface area contributed by atoms with Gasteiger partial charge < -0.3 is 10.1 Å². The first kappa shape index (κ1) is 20.5. The first-order chi connectivity index (χ1) is 13.4. The number of amides is 1. The Bertz CT molecular complexity index is 939. The van der Waals surface area contributed by atoms with E-state index in [9.17, 15) is 13.2 Å². The smallest absolute Gasteiger partial charge is 0.261 e. The molecule has 28 heavy (non-hydrogen) atoms. The van der Waals surface area contributed by atoms with Crippen LogP contribution in [0.1, 0.15) is 42.5 Å². The van der Waals surface area contributed by atoms with E-state index in [0.717, 1.165) is 25.7 Å². The summed E-state index contributed by atoms with van der Waals surface area (Å²) in [6, 6.07) is 10.7. The zero-order chi connectivity index (χ0) is 20.1. The zero-order valence-corrected chi connectivity index (χ0v) is 17.1. The molecule has 0 radical (unpaired) electrons. The van der Waals surface area contributed by atoms with Crippen LogP contribution in [0.25, 0.3) is 0 Å². The molecular formula is C20H23ClN2O4S. The Labute approximate surface area is 170 Å². The molecule has 1 aliphatic carbocycles. The van der Waals surface area contributed by atoms with E-state index in [1.54, 1.807) is 12.1 Å². The SMILES string of the molecule is COc1ccc(S(=O)(=O)Nc2ccc(Cl)c(C(=O)NC3CCCCC3)c2)cc1. The largest absolute Gasteiger partial charge is 0.497 e. The normalized spacial score (nSPS) is 15.1. The lowest BCUT2D eigenvalue weighted by molar-refractivity contribution is 0.0928. The van der Waals surface area contributed by atoms with Gasteiger partial charge in [-0.05, 0) is 55.3 Å². The van der Waals surface area contributed by atoms with E-state index in [-0.39, 0.29) is 33.1 Å². The third kappa shape index (κ3) is 4.97. The van der Waals surface area contributed by atoms with E-state index < -0.39 is 10.0 Å². The van der Waals surface area contributed by atoms with Gasteiger partial charge in [-0.25, -0.2) is 8.42 Å². The number of rotatable bonds is 6. The van der Waals surface area contributed by atoms with Crippen molar-refractivity contribution < 1.29 is 17.9 Å². The molecule has 1 fully saturated rings. The number of nitrogens with one attached hydrogen (secondary N) is 2. The predicted octanol–water partition coefficient (Wildman–Crippen LogP) is 4.21. The highest BCUT2D eigenvalue weighted by atomic mass is 35.5. The fourth-order valence-corrected chi connectivity index (χ4v) is 4.49. The number of hydrogen-bond donors (Lipinski definition) is 2. The van der Waals surface area contributed by atoms with Crippen molar-refractivity contribution in [3.05, 3.63) is 53.1 Å². The molecule has 1 saturated carbocycles. The summed E-state index contributed by atoms with van der Waals surface area (Å²) in [6.45, 7) is 0. The lowest BCUT2D eigenvalue weighted by Crippen LogP contribution is -2.36. The van der Waals surface area contributed by atoms with Crippen molar-refractivity contribution in [2.75, 3.05) is 11.8 Å². The average Bonchev–Trinajstić information content (AvgIpc) is 2.70. The first-order valence-corrected chi connectivity index (χ1v) is 11.0. The minimum absolute atomic E-state index is 0.0939. The number of hydrogen-bond acceptors (Lipinski definition) is 4. The second kappa shape index (κ2) is 8.84. The second-order valence-electron chi connectivity index (χ2n) is 6.78. The fourth-order valence-electron chi connectivity index (χ4n) is 3.24. The summed E-state index contributed by atoms with van der Waals surface area (Å²) >= 11 is 6.18. The van der Waals surface area contributed by atoms with Crippen molar-refractivity contribution in [3.8, 4) is 5.75 Å². The highest BCUT2D eigenvalue weighted by molar-refractivity contribution is 7.92. The van der Waals surface area contributed by atoms with Gasteiger partial charge >= 0.3 is 0 Å². The molecule has 0 spiro atoms. The Kier molecular flexibility index (Phi) is 6.46. The van der Waals surface area contributed by atoms with Gasteiger partial charge in [0.2, 0.25) is 0 Å². The van der Waals surface area contributed by atoms with Gasteiger partial charge in [-0.15, -0.1) is 0 Å². The fraction of sp³-hybridized carbons (Fsp3) is 0.350. The van der Waals surface area contributed by atoms with Crippen molar-refractivity contribution in [1.82, 2.24) is 5.32 Å². The number of sulfonamides is 1.